The van der Waals surface area contributed by atoms with Crippen LogP contribution in [0.4, 0.5) is 0 Å². The van der Waals surface area contributed by atoms with Crippen LogP contribution in [0, 0.1) is 0 Å². The van der Waals surface area contributed by atoms with Gasteiger partial charge in [-0.25, -0.2) is 0 Å². The Hall–Kier alpha value is -0.650. The fraction of sp³-hybridized carbons (Fsp3) is 0.917. The first kappa shape index (κ1) is 12.8. The van der Waals surface area contributed by atoms with Crippen LogP contribution in [-0.2, 0) is 4.79 Å². The summed E-state index contributed by atoms with van der Waals surface area (Å²) in [5.41, 5.74) is 5.29. The van der Waals surface area contributed by atoms with Crippen LogP contribution in [0.1, 0.15) is 32.6 Å². The molecule has 0 bridgehead atoms. The van der Waals surface area contributed by atoms with Gasteiger partial charge in [0, 0.05) is 18.6 Å². The molecule has 2 rings (SSSR count). The van der Waals surface area contributed by atoms with Gasteiger partial charge in [0.1, 0.15) is 0 Å². The highest BCUT2D eigenvalue weighted by Gasteiger charge is 2.39. The largest absolute Gasteiger partial charge is 0.390 e. The van der Waals surface area contributed by atoms with Gasteiger partial charge in [0.2, 0.25) is 5.91 Å². The van der Waals surface area contributed by atoms with Crippen LogP contribution in [0.2, 0.25) is 0 Å². The third kappa shape index (κ3) is 3.66. The Labute approximate surface area is 102 Å². The number of nitrogens with two attached hydrogens (primary N) is 1. The molecular formula is C12H23N3O2. The number of likely N-dealkylation sites (tertiary alicyclic amines) is 1. The average Bonchev–Trinajstić information content (AvgIpc) is 2.14. The summed E-state index contributed by atoms with van der Waals surface area (Å²) in [4.78, 5) is 13.9. The van der Waals surface area contributed by atoms with E-state index in [9.17, 15) is 9.90 Å². The Morgan fingerprint density at radius 1 is 1.59 bits per heavy atom. The average molecular weight is 241 g/mol. The van der Waals surface area contributed by atoms with E-state index in [1.54, 1.807) is 6.92 Å². The van der Waals surface area contributed by atoms with Gasteiger partial charge in [-0.15, -0.1) is 0 Å². The number of carbonyl (C=O) groups is 1. The number of nitrogens with zero attached hydrogens (tertiary/aromatic N) is 1. The van der Waals surface area contributed by atoms with Crippen LogP contribution >= 0.6 is 0 Å². The number of carbonyl (C=O) groups excluding carboxylic acids is 1. The minimum Gasteiger partial charge on any atom is -0.390 e. The molecule has 1 saturated heterocycles. The molecule has 17 heavy (non-hydrogen) atoms. The lowest BCUT2D eigenvalue weighted by molar-refractivity contribution is -0.126. The van der Waals surface area contributed by atoms with Crippen LogP contribution in [0.15, 0.2) is 0 Å². The predicted molar refractivity (Wildman–Crippen MR) is 65.4 cm³/mol. The number of rotatable bonds is 3. The number of nitrogens with one attached hydrogen (secondary N) is 1. The predicted octanol–water partition coefficient (Wildman–Crippen LogP) is -0.561. The number of hydrogen-bond acceptors (Lipinski definition) is 4. The van der Waals surface area contributed by atoms with Crippen LogP contribution in [0.3, 0.4) is 0 Å². The van der Waals surface area contributed by atoms with Gasteiger partial charge >= 0.3 is 0 Å². The number of aliphatic hydroxyl groups is 1. The van der Waals surface area contributed by atoms with Gasteiger partial charge in [-0.2, -0.15) is 0 Å². The smallest absolute Gasteiger partial charge is 0.234 e. The minimum absolute atomic E-state index is 0.0552. The van der Waals surface area contributed by atoms with Gasteiger partial charge in [0.15, 0.2) is 0 Å². The van der Waals surface area contributed by atoms with E-state index in [-0.39, 0.29) is 18.0 Å². The summed E-state index contributed by atoms with van der Waals surface area (Å²) in [6.07, 6.45) is 3.46. The van der Waals surface area contributed by atoms with Crippen molar-refractivity contribution in [2.75, 3.05) is 19.6 Å². The molecule has 4 N–H and O–H groups in total. The highest BCUT2D eigenvalue weighted by atomic mass is 16.3. The van der Waals surface area contributed by atoms with E-state index in [0.717, 1.165) is 25.9 Å². The summed E-state index contributed by atoms with van der Waals surface area (Å²) < 4.78 is 0. The van der Waals surface area contributed by atoms with Gasteiger partial charge in [-0.05, 0) is 39.2 Å². The normalized spacial score (nSPS) is 38.5. The first-order chi connectivity index (χ1) is 7.94. The SMILES string of the molecule is CC1(O)CC(NC(=O)CN2CCCC(N)C2)C1. The van der Waals surface area contributed by atoms with Crippen LogP contribution < -0.4 is 11.1 Å². The highest BCUT2D eigenvalue weighted by molar-refractivity contribution is 5.78. The maximum Gasteiger partial charge on any atom is 0.234 e. The van der Waals surface area contributed by atoms with E-state index in [1.807, 2.05) is 0 Å². The van der Waals surface area contributed by atoms with Crippen molar-refractivity contribution < 1.29 is 9.90 Å². The van der Waals surface area contributed by atoms with Crippen LogP contribution in [-0.4, -0.2) is 53.2 Å². The van der Waals surface area contributed by atoms with Gasteiger partial charge in [-0.1, -0.05) is 0 Å². The minimum atomic E-state index is -0.578. The monoisotopic (exact) mass is 241 g/mol. The molecule has 0 aromatic rings. The molecule has 1 aliphatic carbocycles. The highest BCUT2D eigenvalue weighted by Crippen LogP contribution is 2.31. The Morgan fingerprint density at radius 3 is 2.88 bits per heavy atom. The molecule has 0 aromatic heterocycles. The molecule has 1 amide bonds. The topological polar surface area (TPSA) is 78.6 Å². The molecule has 2 aliphatic rings. The molecule has 1 atom stereocenters. The number of hydrogen-bond donors (Lipinski definition) is 3. The Morgan fingerprint density at radius 2 is 2.29 bits per heavy atom. The second kappa shape index (κ2) is 4.92. The van der Waals surface area contributed by atoms with Crippen molar-refractivity contribution in [2.24, 2.45) is 5.73 Å². The van der Waals surface area contributed by atoms with Gasteiger partial charge in [-0.3, -0.25) is 9.69 Å². The summed E-state index contributed by atoms with van der Waals surface area (Å²) in [6, 6.07) is 0.358. The van der Waals surface area contributed by atoms with Crippen molar-refractivity contribution in [3.63, 3.8) is 0 Å². The summed E-state index contributed by atoms with van der Waals surface area (Å²) in [5, 5.41) is 12.5. The summed E-state index contributed by atoms with van der Waals surface area (Å²) >= 11 is 0. The van der Waals surface area contributed by atoms with Crippen molar-refractivity contribution in [3.05, 3.63) is 0 Å². The maximum atomic E-state index is 11.8. The molecule has 5 nitrogen and oxygen atoms in total. The van der Waals surface area contributed by atoms with Crippen molar-refractivity contribution in [2.45, 2.75) is 50.3 Å². The second-order valence-corrected chi connectivity index (χ2v) is 5.81. The lowest BCUT2D eigenvalue weighted by atomic mass is 9.77. The van der Waals surface area contributed by atoms with E-state index in [4.69, 9.17) is 5.73 Å². The first-order valence-electron chi connectivity index (χ1n) is 6.44. The first-order valence-corrected chi connectivity index (χ1v) is 6.44. The third-order valence-electron chi connectivity index (χ3n) is 3.65. The fourth-order valence-corrected chi connectivity index (χ4v) is 2.82. The summed E-state index contributed by atoms with van der Waals surface area (Å²) in [5.74, 6) is 0.0552. The molecule has 1 unspecified atom stereocenters. The van der Waals surface area contributed by atoms with E-state index < -0.39 is 5.60 Å². The number of piperidine rings is 1. The molecule has 1 saturated carbocycles. The zero-order valence-corrected chi connectivity index (χ0v) is 10.5. The third-order valence-corrected chi connectivity index (χ3v) is 3.65. The maximum absolute atomic E-state index is 11.8. The lowest BCUT2D eigenvalue weighted by Gasteiger charge is -2.41. The second-order valence-electron chi connectivity index (χ2n) is 5.81. The van der Waals surface area contributed by atoms with E-state index in [0.29, 0.717) is 19.4 Å². The quantitative estimate of drug-likeness (QED) is 0.619. The van der Waals surface area contributed by atoms with Crippen LogP contribution in [0.5, 0.6) is 0 Å². The molecule has 0 radical (unpaired) electrons. The lowest BCUT2D eigenvalue weighted by Crippen LogP contribution is -2.55. The summed E-state index contributed by atoms with van der Waals surface area (Å²) in [6.45, 7) is 4.02. The Kier molecular flexibility index (Phi) is 3.70. The van der Waals surface area contributed by atoms with Crippen molar-refractivity contribution in [1.29, 1.82) is 0 Å². The van der Waals surface area contributed by atoms with E-state index >= 15 is 0 Å². The molecule has 0 aromatic carbocycles. The van der Waals surface area contributed by atoms with Gasteiger partial charge in [0.05, 0.1) is 12.1 Å². The molecule has 0 spiro atoms. The zero-order valence-electron chi connectivity index (χ0n) is 10.5. The van der Waals surface area contributed by atoms with Gasteiger partial charge < -0.3 is 16.2 Å². The van der Waals surface area contributed by atoms with Crippen LogP contribution in [0.25, 0.3) is 0 Å². The van der Waals surface area contributed by atoms with Crippen molar-refractivity contribution >= 4 is 5.91 Å². The fourth-order valence-electron chi connectivity index (χ4n) is 2.82. The molecule has 98 valence electrons. The summed E-state index contributed by atoms with van der Waals surface area (Å²) in [7, 11) is 0. The Bertz CT molecular complexity index is 285. The number of amides is 1. The van der Waals surface area contributed by atoms with Crippen molar-refractivity contribution in [1.82, 2.24) is 10.2 Å². The van der Waals surface area contributed by atoms with E-state index in [1.165, 1.54) is 0 Å². The molecule has 1 aliphatic heterocycles. The Balaban J connectivity index is 1.67. The molecular weight excluding hydrogens is 218 g/mol. The zero-order chi connectivity index (χ0) is 12.5. The van der Waals surface area contributed by atoms with Crippen molar-refractivity contribution in [3.8, 4) is 0 Å². The van der Waals surface area contributed by atoms with E-state index in [2.05, 4.69) is 10.2 Å². The molecule has 5 heteroatoms. The van der Waals surface area contributed by atoms with Gasteiger partial charge in [0.25, 0.3) is 0 Å². The molecule has 1 heterocycles. The standard InChI is InChI=1S/C12H23N3O2/c1-12(17)5-10(6-12)14-11(16)8-15-4-2-3-9(13)7-15/h9-10,17H,2-8,13H2,1H3,(H,14,16). The molecule has 2 fully saturated rings.